The van der Waals surface area contributed by atoms with Crippen molar-refractivity contribution >= 4 is 6.41 Å². The first-order valence-electron chi connectivity index (χ1n) is 7.83. The molecule has 0 fully saturated rings. The van der Waals surface area contributed by atoms with Crippen molar-refractivity contribution in [3.63, 3.8) is 0 Å². The first-order valence-corrected chi connectivity index (χ1v) is 7.83. The predicted octanol–water partition coefficient (Wildman–Crippen LogP) is 2.95. The van der Waals surface area contributed by atoms with Crippen molar-refractivity contribution in [2.24, 2.45) is 7.05 Å². The van der Waals surface area contributed by atoms with Gasteiger partial charge < -0.3 is 4.90 Å². The Labute approximate surface area is 141 Å². The van der Waals surface area contributed by atoms with Crippen molar-refractivity contribution in [3.8, 4) is 11.3 Å². The van der Waals surface area contributed by atoms with Crippen LogP contribution in [-0.2, 0) is 24.9 Å². The minimum atomic E-state index is 0.540. The number of rotatable bonds is 6. The summed E-state index contributed by atoms with van der Waals surface area (Å²) in [4.78, 5) is 17.6. The fourth-order valence-corrected chi connectivity index (χ4v) is 2.61. The minimum absolute atomic E-state index is 0.540. The molecule has 3 aromatic rings. The van der Waals surface area contributed by atoms with Crippen LogP contribution >= 0.6 is 0 Å². The van der Waals surface area contributed by atoms with Crippen molar-refractivity contribution < 1.29 is 4.79 Å². The summed E-state index contributed by atoms with van der Waals surface area (Å²) in [6.45, 7) is 3.20. The molecular weight excluding hydrogens is 300 g/mol. The van der Waals surface area contributed by atoms with Crippen LogP contribution in [0, 0.1) is 6.92 Å². The fraction of sp³-hybridized carbons (Fsp3) is 0.211. The number of carbonyl (C=O) groups excluding carboxylic acids is 1. The van der Waals surface area contributed by atoms with Gasteiger partial charge in [0.05, 0.1) is 11.9 Å². The number of hydrogen-bond acceptors (Lipinski definition) is 3. The van der Waals surface area contributed by atoms with Gasteiger partial charge in [0.2, 0.25) is 6.41 Å². The number of nitrogens with zero attached hydrogens (tertiary/aromatic N) is 4. The maximum Gasteiger partial charge on any atom is 0.210 e. The van der Waals surface area contributed by atoms with E-state index < -0.39 is 0 Å². The standard InChI is InChI=1S/C19H20N4O/c1-15-5-3-4-6-17(15)13-23(14-24)11-16-7-8-19(20-9-16)18-10-21-22(2)12-18/h3-10,12,14H,11,13H2,1-2H3. The van der Waals surface area contributed by atoms with Crippen LogP contribution in [0.3, 0.4) is 0 Å². The Morgan fingerprint density at radius 2 is 1.96 bits per heavy atom. The Morgan fingerprint density at radius 3 is 2.58 bits per heavy atom. The smallest absolute Gasteiger partial charge is 0.210 e. The Hall–Kier alpha value is -2.95. The average molecular weight is 320 g/mol. The lowest BCUT2D eigenvalue weighted by molar-refractivity contribution is -0.119. The molecule has 1 aromatic carbocycles. The highest BCUT2D eigenvalue weighted by Crippen LogP contribution is 2.17. The number of amides is 1. The maximum absolute atomic E-state index is 11.4. The second-order valence-electron chi connectivity index (χ2n) is 5.89. The quantitative estimate of drug-likeness (QED) is 0.656. The third kappa shape index (κ3) is 3.68. The van der Waals surface area contributed by atoms with E-state index in [1.54, 1.807) is 15.8 Å². The summed E-state index contributed by atoms with van der Waals surface area (Å²) >= 11 is 0. The molecule has 5 heteroatoms. The van der Waals surface area contributed by atoms with Crippen LogP contribution in [0.1, 0.15) is 16.7 Å². The zero-order valence-electron chi connectivity index (χ0n) is 13.9. The van der Waals surface area contributed by atoms with E-state index in [0.29, 0.717) is 13.1 Å². The van der Waals surface area contributed by atoms with Gasteiger partial charge in [-0.05, 0) is 29.7 Å². The van der Waals surface area contributed by atoms with Crippen LogP contribution in [0.5, 0.6) is 0 Å². The Morgan fingerprint density at radius 1 is 1.12 bits per heavy atom. The average Bonchev–Trinajstić information content (AvgIpc) is 3.03. The summed E-state index contributed by atoms with van der Waals surface area (Å²) in [6, 6.07) is 12.1. The number of benzene rings is 1. The van der Waals surface area contributed by atoms with Gasteiger partial charge in [-0.25, -0.2) is 0 Å². The van der Waals surface area contributed by atoms with Crippen molar-refractivity contribution in [2.75, 3.05) is 0 Å². The SMILES string of the molecule is Cc1ccccc1CN(C=O)Cc1ccc(-c2cnn(C)c2)nc1. The van der Waals surface area contributed by atoms with Gasteiger partial charge in [-0.1, -0.05) is 30.3 Å². The minimum Gasteiger partial charge on any atom is -0.337 e. The summed E-state index contributed by atoms with van der Waals surface area (Å²) < 4.78 is 1.75. The first kappa shape index (κ1) is 15.9. The van der Waals surface area contributed by atoms with Crippen molar-refractivity contribution in [1.82, 2.24) is 19.7 Å². The number of aromatic nitrogens is 3. The van der Waals surface area contributed by atoms with Gasteiger partial charge in [0.15, 0.2) is 0 Å². The van der Waals surface area contributed by atoms with Gasteiger partial charge in [-0.2, -0.15) is 5.10 Å². The highest BCUT2D eigenvalue weighted by Gasteiger charge is 2.08. The van der Waals surface area contributed by atoms with E-state index in [4.69, 9.17) is 0 Å². The van der Waals surface area contributed by atoms with Crippen molar-refractivity contribution in [1.29, 1.82) is 0 Å². The van der Waals surface area contributed by atoms with E-state index in [1.807, 2.05) is 43.7 Å². The third-order valence-electron chi connectivity index (χ3n) is 3.99. The van der Waals surface area contributed by atoms with Crippen LogP contribution in [0.2, 0.25) is 0 Å². The molecule has 5 nitrogen and oxygen atoms in total. The lowest BCUT2D eigenvalue weighted by Gasteiger charge is -2.18. The fourth-order valence-electron chi connectivity index (χ4n) is 2.61. The van der Waals surface area contributed by atoms with Crippen LogP contribution in [-0.4, -0.2) is 26.1 Å². The summed E-state index contributed by atoms with van der Waals surface area (Å²) in [5, 5.41) is 4.15. The molecule has 0 N–H and O–H groups in total. The second-order valence-corrected chi connectivity index (χ2v) is 5.89. The molecule has 0 saturated heterocycles. The largest absolute Gasteiger partial charge is 0.337 e. The number of carbonyl (C=O) groups is 1. The van der Waals surface area contributed by atoms with E-state index in [1.165, 1.54) is 5.56 Å². The van der Waals surface area contributed by atoms with E-state index in [0.717, 1.165) is 28.8 Å². The van der Waals surface area contributed by atoms with E-state index in [9.17, 15) is 4.79 Å². The first-order chi connectivity index (χ1) is 11.7. The molecule has 0 spiro atoms. The summed E-state index contributed by atoms with van der Waals surface area (Å²) in [6.07, 6.45) is 6.42. The maximum atomic E-state index is 11.4. The molecule has 0 saturated carbocycles. The number of pyridine rings is 1. The molecule has 3 rings (SSSR count). The summed E-state index contributed by atoms with van der Waals surface area (Å²) in [5.74, 6) is 0. The predicted molar refractivity (Wildman–Crippen MR) is 92.9 cm³/mol. The van der Waals surface area contributed by atoms with Gasteiger partial charge in [0.25, 0.3) is 0 Å². The number of aryl methyl sites for hydroxylation is 2. The van der Waals surface area contributed by atoms with Gasteiger partial charge in [0, 0.05) is 38.1 Å². The van der Waals surface area contributed by atoms with Crippen molar-refractivity contribution in [3.05, 3.63) is 71.7 Å². The topological polar surface area (TPSA) is 51.0 Å². The van der Waals surface area contributed by atoms with Gasteiger partial charge in [-0.3, -0.25) is 14.5 Å². The van der Waals surface area contributed by atoms with Crippen LogP contribution in [0.4, 0.5) is 0 Å². The molecule has 1 amide bonds. The number of hydrogen-bond donors (Lipinski definition) is 0. The molecular formula is C19H20N4O. The molecule has 2 heterocycles. The molecule has 0 aliphatic heterocycles. The van der Waals surface area contributed by atoms with Crippen LogP contribution < -0.4 is 0 Å². The molecule has 0 unspecified atom stereocenters. The molecule has 0 aliphatic rings. The third-order valence-corrected chi connectivity index (χ3v) is 3.99. The molecule has 0 aliphatic carbocycles. The second kappa shape index (κ2) is 7.08. The molecule has 0 bridgehead atoms. The van der Waals surface area contributed by atoms with Crippen LogP contribution in [0.15, 0.2) is 55.0 Å². The Bertz CT molecular complexity index is 823. The highest BCUT2D eigenvalue weighted by molar-refractivity contribution is 5.57. The summed E-state index contributed by atoms with van der Waals surface area (Å²) in [7, 11) is 1.88. The molecule has 2 aromatic heterocycles. The van der Waals surface area contributed by atoms with E-state index >= 15 is 0 Å². The zero-order chi connectivity index (χ0) is 16.9. The van der Waals surface area contributed by atoms with E-state index in [-0.39, 0.29) is 0 Å². The van der Waals surface area contributed by atoms with Gasteiger partial charge in [-0.15, -0.1) is 0 Å². The lowest BCUT2D eigenvalue weighted by Crippen LogP contribution is -2.21. The monoisotopic (exact) mass is 320 g/mol. The summed E-state index contributed by atoms with van der Waals surface area (Å²) in [5.41, 5.74) is 5.21. The molecule has 24 heavy (non-hydrogen) atoms. The molecule has 0 atom stereocenters. The normalized spacial score (nSPS) is 10.6. The van der Waals surface area contributed by atoms with Gasteiger partial charge >= 0.3 is 0 Å². The zero-order valence-corrected chi connectivity index (χ0v) is 13.9. The Balaban J connectivity index is 1.70. The molecule has 122 valence electrons. The molecule has 0 radical (unpaired) electrons. The Kier molecular flexibility index (Phi) is 4.70. The van der Waals surface area contributed by atoms with Gasteiger partial charge in [0.1, 0.15) is 0 Å². The van der Waals surface area contributed by atoms with Crippen molar-refractivity contribution in [2.45, 2.75) is 20.0 Å². The van der Waals surface area contributed by atoms with E-state index in [2.05, 4.69) is 29.1 Å². The highest BCUT2D eigenvalue weighted by atomic mass is 16.1. The van der Waals surface area contributed by atoms with Crippen LogP contribution in [0.25, 0.3) is 11.3 Å². The lowest BCUT2D eigenvalue weighted by atomic mass is 10.1.